The van der Waals surface area contributed by atoms with Gasteiger partial charge in [-0.05, 0) is 54.1 Å². The average Bonchev–Trinajstić information content (AvgIpc) is 2.47. The van der Waals surface area contributed by atoms with Crippen LogP contribution in [-0.2, 0) is 0 Å². The predicted octanol–water partition coefficient (Wildman–Crippen LogP) is 2.82. The molecule has 110 valence electrons. The fourth-order valence-electron chi connectivity index (χ4n) is 2.42. The highest BCUT2D eigenvalue weighted by Gasteiger charge is 2.25. The van der Waals surface area contributed by atoms with E-state index in [4.69, 9.17) is 9.84 Å². The predicted molar refractivity (Wildman–Crippen MR) is 90.6 cm³/mol. The van der Waals surface area contributed by atoms with Crippen molar-refractivity contribution in [3.8, 4) is 5.75 Å². The molecule has 0 radical (unpaired) electrons. The molecule has 0 aromatic heterocycles. The van der Waals surface area contributed by atoms with E-state index in [1.165, 1.54) is 9.27 Å². The zero-order chi connectivity index (χ0) is 14.5. The summed E-state index contributed by atoms with van der Waals surface area (Å²) in [5.41, 5.74) is 2.36. The van der Waals surface area contributed by atoms with Crippen LogP contribution in [0.4, 0.5) is 5.69 Å². The Morgan fingerprint density at radius 2 is 2.20 bits per heavy atom. The van der Waals surface area contributed by atoms with Crippen LogP contribution in [0, 0.1) is 0 Å². The molecule has 20 heavy (non-hydrogen) atoms. The monoisotopic (exact) mass is 388 g/mol. The van der Waals surface area contributed by atoms with Gasteiger partial charge in [0.05, 0.1) is 22.5 Å². The first-order chi connectivity index (χ1) is 9.69. The number of unbranched alkanes of at least 4 members (excludes halogenated alkanes) is 1. The number of anilines is 1. The number of aliphatic hydroxyl groups is 1. The molecule has 2 N–H and O–H groups in total. The number of aliphatic hydroxyl groups excluding tert-OH is 1. The van der Waals surface area contributed by atoms with E-state index in [1.807, 2.05) is 12.1 Å². The van der Waals surface area contributed by atoms with Gasteiger partial charge in [0.1, 0.15) is 5.75 Å². The SMILES string of the molecule is COc1cccc2c1N(C)C(I)=CC2NCCCCO. The second-order valence-corrected chi connectivity index (χ2v) is 5.91. The molecule has 0 saturated carbocycles. The number of nitrogens with one attached hydrogen (secondary N) is 1. The molecule has 2 rings (SSSR count). The van der Waals surface area contributed by atoms with Crippen molar-refractivity contribution in [3.63, 3.8) is 0 Å². The molecule has 1 aromatic carbocycles. The standard InChI is InChI=1S/C15H21IN2O2/c1-18-14(16)10-12(17-8-3-4-9-19)11-6-5-7-13(20-2)15(11)18/h5-7,10,12,17,19H,3-4,8-9H2,1-2H3. The first-order valence-electron chi connectivity index (χ1n) is 6.81. The molecule has 0 spiro atoms. The van der Waals surface area contributed by atoms with E-state index >= 15 is 0 Å². The highest BCUT2D eigenvalue weighted by molar-refractivity contribution is 14.1. The second kappa shape index (κ2) is 7.28. The quantitative estimate of drug-likeness (QED) is 0.447. The van der Waals surface area contributed by atoms with Crippen LogP contribution in [0.5, 0.6) is 5.75 Å². The Balaban J connectivity index is 2.22. The zero-order valence-electron chi connectivity index (χ0n) is 11.9. The lowest BCUT2D eigenvalue weighted by atomic mass is 10.00. The Morgan fingerprint density at radius 3 is 2.90 bits per heavy atom. The van der Waals surface area contributed by atoms with Gasteiger partial charge in [-0.1, -0.05) is 12.1 Å². The van der Waals surface area contributed by atoms with E-state index in [2.05, 4.69) is 52.0 Å². The van der Waals surface area contributed by atoms with Crippen molar-refractivity contribution in [2.45, 2.75) is 18.9 Å². The molecule has 1 aliphatic heterocycles. The number of hydrogen-bond acceptors (Lipinski definition) is 4. The zero-order valence-corrected chi connectivity index (χ0v) is 14.1. The number of fused-ring (bicyclic) bond motifs is 1. The third-order valence-electron chi connectivity index (χ3n) is 3.49. The first-order valence-corrected chi connectivity index (χ1v) is 7.89. The van der Waals surface area contributed by atoms with Gasteiger partial charge < -0.3 is 20.1 Å². The maximum Gasteiger partial charge on any atom is 0.142 e. The summed E-state index contributed by atoms with van der Waals surface area (Å²) in [6, 6.07) is 6.35. The second-order valence-electron chi connectivity index (χ2n) is 4.81. The van der Waals surface area contributed by atoms with Gasteiger partial charge in [0, 0.05) is 19.2 Å². The van der Waals surface area contributed by atoms with Crippen molar-refractivity contribution in [3.05, 3.63) is 33.5 Å². The molecule has 0 aliphatic carbocycles. The minimum Gasteiger partial charge on any atom is -0.495 e. The lowest BCUT2D eigenvalue weighted by Crippen LogP contribution is -2.29. The molecule has 0 saturated heterocycles. The molecule has 1 aromatic rings. The molecule has 0 amide bonds. The van der Waals surface area contributed by atoms with Crippen molar-refractivity contribution >= 4 is 28.3 Å². The van der Waals surface area contributed by atoms with Crippen LogP contribution in [0.25, 0.3) is 0 Å². The van der Waals surface area contributed by atoms with Gasteiger partial charge in [0.15, 0.2) is 0 Å². The number of methoxy groups -OCH3 is 1. The highest BCUT2D eigenvalue weighted by Crippen LogP contribution is 2.42. The third kappa shape index (κ3) is 3.27. The number of hydrogen-bond donors (Lipinski definition) is 2. The van der Waals surface area contributed by atoms with Gasteiger partial charge in [0.25, 0.3) is 0 Å². The topological polar surface area (TPSA) is 44.7 Å². The molecule has 0 bridgehead atoms. The maximum absolute atomic E-state index is 8.84. The fraction of sp³-hybridized carbons (Fsp3) is 0.467. The lowest BCUT2D eigenvalue weighted by molar-refractivity contribution is 0.283. The Morgan fingerprint density at radius 1 is 1.40 bits per heavy atom. The summed E-state index contributed by atoms with van der Waals surface area (Å²) in [6.45, 7) is 1.15. The van der Waals surface area contributed by atoms with Gasteiger partial charge in [-0.3, -0.25) is 0 Å². The minimum atomic E-state index is 0.196. The molecule has 1 heterocycles. The largest absolute Gasteiger partial charge is 0.495 e. The Kier molecular flexibility index (Phi) is 5.68. The smallest absolute Gasteiger partial charge is 0.142 e. The van der Waals surface area contributed by atoms with E-state index < -0.39 is 0 Å². The summed E-state index contributed by atoms with van der Waals surface area (Å²) >= 11 is 2.35. The van der Waals surface area contributed by atoms with Crippen LogP contribution in [0.3, 0.4) is 0 Å². The number of halogens is 1. The normalized spacial score (nSPS) is 17.7. The first kappa shape index (κ1) is 15.6. The summed E-state index contributed by atoms with van der Waals surface area (Å²) in [5, 5.41) is 12.4. The van der Waals surface area contributed by atoms with Gasteiger partial charge in [-0.25, -0.2) is 0 Å². The highest BCUT2D eigenvalue weighted by atomic mass is 127. The van der Waals surface area contributed by atoms with Gasteiger partial charge in [-0.2, -0.15) is 0 Å². The van der Waals surface area contributed by atoms with Crippen molar-refractivity contribution in [1.82, 2.24) is 5.32 Å². The summed E-state index contributed by atoms with van der Waals surface area (Å²) in [7, 11) is 3.76. The van der Waals surface area contributed by atoms with Crippen LogP contribution in [-0.4, -0.2) is 32.4 Å². The number of para-hydroxylation sites is 1. The summed E-state index contributed by atoms with van der Waals surface area (Å²) in [5.74, 6) is 0.898. The van der Waals surface area contributed by atoms with Gasteiger partial charge >= 0.3 is 0 Å². The van der Waals surface area contributed by atoms with Crippen LogP contribution in [0.15, 0.2) is 28.0 Å². The van der Waals surface area contributed by atoms with E-state index in [0.29, 0.717) is 0 Å². The van der Waals surface area contributed by atoms with Gasteiger partial charge in [-0.15, -0.1) is 0 Å². The van der Waals surface area contributed by atoms with E-state index in [1.54, 1.807) is 7.11 Å². The molecule has 4 nitrogen and oxygen atoms in total. The van der Waals surface area contributed by atoms with E-state index in [0.717, 1.165) is 30.8 Å². The molecule has 1 atom stereocenters. The van der Waals surface area contributed by atoms with Crippen LogP contribution < -0.4 is 15.0 Å². The average molecular weight is 388 g/mol. The van der Waals surface area contributed by atoms with Crippen LogP contribution in [0.2, 0.25) is 0 Å². The van der Waals surface area contributed by atoms with Crippen LogP contribution in [0.1, 0.15) is 24.4 Å². The molecule has 0 fully saturated rings. The Bertz CT molecular complexity index is 491. The molecular weight excluding hydrogens is 367 g/mol. The third-order valence-corrected chi connectivity index (χ3v) is 4.58. The van der Waals surface area contributed by atoms with Crippen molar-refractivity contribution in [2.24, 2.45) is 0 Å². The Hall–Kier alpha value is -0.790. The summed E-state index contributed by atoms with van der Waals surface area (Å²) in [4.78, 5) is 2.15. The molecule has 1 aliphatic rings. The van der Waals surface area contributed by atoms with Crippen molar-refractivity contribution in [2.75, 3.05) is 32.2 Å². The summed E-state index contributed by atoms with van der Waals surface area (Å²) in [6.07, 6.45) is 4.04. The summed E-state index contributed by atoms with van der Waals surface area (Å²) < 4.78 is 6.67. The maximum atomic E-state index is 8.84. The molecular formula is C15H21IN2O2. The van der Waals surface area contributed by atoms with E-state index in [-0.39, 0.29) is 12.6 Å². The van der Waals surface area contributed by atoms with Crippen LogP contribution >= 0.6 is 22.6 Å². The van der Waals surface area contributed by atoms with Gasteiger partial charge in [0.2, 0.25) is 0 Å². The molecule has 1 unspecified atom stereocenters. The Labute approximate surface area is 133 Å². The number of nitrogens with zero attached hydrogens (tertiary/aromatic N) is 1. The fourth-order valence-corrected chi connectivity index (χ4v) is 3.02. The number of ether oxygens (including phenoxy) is 1. The minimum absolute atomic E-state index is 0.196. The van der Waals surface area contributed by atoms with Crippen molar-refractivity contribution in [1.29, 1.82) is 0 Å². The van der Waals surface area contributed by atoms with Crippen molar-refractivity contribution < 1.29 is 9.84 Å². The number of benzene rings is 1. The number of rotatable bonds is 6. The van der Waals surface area contributed by atoms with E-state index in [9.17, 15) is 0 Å². The lowest BCUT2D eigenvalue weighted by Gasteiger charge is -2.32. The molecule has 5 heteroatoms.